The van der Waals surface area contributed by atoms with E-state index in [1.165, 1.54) is 5.06 Å². The number of hydrogen-bond acceptors (Lipinski definition) is 3. The molecule has 52 valence electrons. The Balaban J connectivity index is 2.32. The lowest BCUT2D eigenvalue weighted by molar-refractivity contribution is -0.166. The van der Waals surface area contributed by atoms with Crippen LogP contribution in [0, 0.1) is 0 Å². The molecule has 1 fully saturated rings. The molecule has 1 saturated heterocycles. The summed E-state index contributed by atoms with van der Waals surface area (Å²) in [7, 11) is 0. The van der Waals surface area contributed by atoms with Crippen LogP contribution in [0.3, 0.4) is 0 Å². The first-order valence-electron chi connectivity index (χ1n) is 2.98. The zero-order chi connectivity index (χ0) is 6.69. The molecule has 1 heterocycles. The molecule has 9 heavy (non-hydrogen) atoms. The van der Waals surface area contributed by atoms with Crippen molar-refractivity contribution in [3.63, 3.8) is 0 Å². The summed E-state index contributed by atoms with van der Waals surface area (Å²) in [6, 6.07) is 0. The third kappa shape index (κ3) is 1.40. The summed E-state index contributed by atoms with van der Waals surface area (Å²) in [6.07, 6.45) is 0.922. The molecule has 2 N–H and O–H groups in total. The molecule has 0 saturated carbocycles. The third-order valence-corrected chi connectivity index (χ3v) is 1.21. The predicted molar refractivity (Wildman–Crippen MR) is 31.3 cm³/mol. The first-order valence-corrected chi connectivity index (χ1v) is 2.98. The van der Waals surface area contributed by atoms with Crippen molar-refractivity contribution in [3.05, 3.63) is 0 Å². The minimum atomic E-state index is -0.132. The highest BCUT2D eigenvalue weighted by molar-refractivity contribution is 5.77. The Bertz CT molecular complexity index is 110. The van der Waals surface area contributed by atoms with Crippen molar-refractivity contribution in [1.29, 1.82) is 0 Å². The standard InChI is InChI=1S/C5H10N2O2/c6-4-5(8)7-2-1-3-9-7/h1-4,6H2. The quantitative estimate of drug-likeness (QED) is 0.501. The monoisotopic (exact) mass is 130 g/mol. The maximum Gasteiger partial charge on any atom is 0.259 e. The lowest BCUT2D eigenvalue weighted by Gasteiger charge is -2.10. The normalized spacial score (nSPS) is 18.6. The van der Waals surface area contributed by atoms with Gasteiger partial charge >= 0.3 is 0 Å². The van der Waals surface area contributed by atoms with Crippen LogP contribution < -0.4 is 5.73 Å². The van der Waals surface area contributed by atoms with Gasteiger partial charge in [0, 0.05) is 0 Å². The molecule has 1 aliphatic rings. The van der Waals surface area contributed by atoms with Gasteiger partial charge in [-0.25, -0.2) is 5.06 Å². The second-order valence-electron chi connectivity index (χ2n) is 1.89. The van der Waals surface area contributed by atoms with Crippen LogP contribution in [0.5, 0.6) is 0 Å². The van der Waals surface area contributed by atoms with Gasteiger partial charge in [0.1, 0.15) is 0 Å². The first-order chi connectivity index (χ1) is 4.34. The van der Waals surface area contributed by atoms with Crippen LogP contribution in [-0.2, 0) is 9.63 Å². The number of nitrogens with zero attached hydrogens (tertiary/aromatic N) is 1. The van der Waals surface area contributed by atoms with Gasteiger partial charge in [-0.05, 0) is 6.42 Å². The van der Waals surface area contributed by atoms with Crippen LogP contribution >= 0.6 is 0 Å². The highest BCUT2D eigenvalue weighted by atomic mass is 16.7. The molecular weight excluding hydrogens is 120 g/mol. The van der Waals surface area contributed by atoms with E-state index in [0.717, 1.165) is 6.42 Å². The fraction of sp³-hybridized carbons (Fsp3) is 0.800. The molecule has 1 aliphatic heterocycles. The number of nitrogens with two attached hydrogens (primary N) is 1. The Labute approximate surface area is 53.5 Å². The van der Waals surface area contributed by atoms with E-state index in [9.17, 15) is 4.79 Å². The molecule has 0 unspecified atom stereocenters. The highest BCUT2D eigenvalue weighted by Crippen LogP contribution is 2.02. The number of carbonyl (C=O) groups excluding carboxylic acids is 1. The predicted octanol–water partition coefficient (Wildman–Crippen LogP) is -0.891. The Morgan fingerprint density at radius 3 is 3.00 bits per heavy atom. The zero-order valence-corrected chi connectivity index (χ0v) is 5.17. The van der Waals surface area contributed by atoms with E-state index < -0.39 is 0 Å². The molecule has 0 spiro atoms. The fourth-order valence-electron chi connectivity index (χ4n) is 0.746. The Hall–Kier alpha value is -0.610. The molecule has 0 aromatic rings. The average Bonchev–Trinajstić information content (AvgIpc) is 2.37. The molecule has 0 bridgehead atoms. The van der Waals surface area contributed by atoms with Gasteiger partial charge in [-0.2, -0.15) is 0 Å². The Morgan fingerprint density at radius 2 is 2.56 bits per heavy atom. The summed E-state index contributed by atoms with van der Waals surface area (Å²) in [5, 5.41) is 1.32. The molecule has 0 aromatic heterocycles. The van der Waals surface area contributed by atoms with Crippen LogP contribution in [0.4, 0.5) is 0 Å². The highest BCUT2D eigenvalue weighted by Gasteiger charge is 2.16. The zero-order valence-electron chi connectivity index (χ0n) is 5.17. The Kier molecular flexibility index (Phi) is 2.02. The fourth-order valence-corrected chi connectivity index (χ4v) is 0.746. The number of hydroxylamine groups is 2. The molecule has 1 rings (SSSR count). The van der Waals surface area contributed by atoms with Crippen LogP contribution in [0.1, 0.15) is 6.42 Å². The van der Waals surface area contributed by atoms with E-state index in [2.05, 4.69) is 0 Å². The van der Waals surface area contributed by atoms with Gasteiger partial charge < -0.3 is 5.73 Å². The van der Waals surface area contributed by atoms with Crippen molar-refractivity contribution in [2.75, 3.05) is 19.7 Å². The van der Waals surface area contributed by atoms with E-state index >= 15 is 0 Å². The van der Waals surface area contributed by atoms with Crippen molar-refractivity contribution in [1.82, 2.24) is 5.06 Å². The van der Waals surface area contributed by atoms with Crippen molar-refractivity contribution >= 4 is 5.91 Å². The van der Waals surface area contributed by atoms with Gasteiger partial charge in [0.15, 0.2) is 0 Å². The second-order valence-corrected chi connectivity index (χ2v) is 1.89. The number of amides is 1. The molecule has 1 amide bonds. The summed E-state index contributed by atoms with van der Waals surface area (Å²) in [5.74, 6) is -0.132. The van der Waals surface area contributed by atoms with E-state index in [1.807, 2.05) is 0 Å². The van der Waals surface area contributed by atoms with Gasteiger partial charge in [-0.1, -0.05) is 0 Å². The first kappa shape index (κ1) is 6.51. The molecule has 4 heteroatoms. The third-order valence-electron chi connectivity index (χ3n) is 1.21. The van der Waals surface area contributed by atoms with Crippen molar-refractivity contribution < 1.29 is 9.63 Å². The van der Waals surface area contributed by atoms with Gasteiger partial charge in [0.25, 0.3) is 5.91 Å². The topological polar surface area (TPSA) is 55.6 Å². The van der Waals surface area contributed by atoms with E-state index in [4.69, 9.17) is 10.6 Å². The smallest absolute Gasteiger partial charge is 0.259 e. The molecular formula is C5H10N2O2. The minimum Gasteiger partial charge on any atom is -0.322 e. The second kappa shape index (κ2) is 2.80. The van der Waals surface area contributed by atoms with Crippen molar-refractivity contribution in [2.45, 2.75) is 6.42 Å². The Morgan fingerprint density at radius 1 is 1.78 bits per heavy atom. The van der Waals surface area contributed by atoms with Crippen LogP contribution in [-0.4, -0.2) is 30.7 Å². The molecule has 0 radical (unpaired) electrons. The number of rotatable bonds is 1. The van der Waals surface area contributed by atoms with Gasteiger partial charge in [-0.3, -0.25) is 9.63 Å². The van der Waals surface area contributed by atoms with Crippen LogP contribution in [0.15, 0.2) is 0 Å². The molecule has 0 aromatic carbocycles. The van der Waals surface area contributed by atoms with Crippen LogP contribution in [0.2, 0.25) is 0 Å². The maximum atomic E-state index is 10.7. The van der Waals surface area contributed by atoms with E-state index in [-0.39, 0.29) is 12.5 Å². The summed E-state index contributed by atoms with van der Waals surface area (Å²) in [5.41, 5.74) is 5.08. The molecule has 4 nitrogen and oxygen atoms in total. The maximum absolute atomic E-state index is 10.7. The number of hydrogen-bond donors (Lipinski definition) is 1. The van der Waals surface area contributed by atoms with Gasteiger partial charge in [-0.15, -0.1) is 0 Å². The summed E-state index contributed by atoms with van der Waals surface area (Å²) >= 11 is 0. The SMILES string of the molecule is NCC(=O)N1CCCO1. The van der Waals surface area contributed by atoms with E-state index in [0.29, 0.717) is 13.2 Å². The average molecular weight is 130 g/mol. The molecule has 0 aliphatic carbocycles. The summed E-state index contributed by atoms with van der Waals surface area (Å²) in [6.45, 7) is 1.38. The number of carbonyl (C=O) groups is 1. The largest absolute Gasteiger partial charge is 0.322 e. The van der Waals surface area contributed by atoms with Crippen molar-refractivity contribution in [2.24, 2.45) is 5.73 Å². The van der Waals surface area contributed by atoms with Gasteiger partial charge in [0.05, 0.1) is 19.7 Å². The lowest BCUT2D eigenvalue weighted by Crippen LogP contribution is -2.32. The van der Waals surface area contributed by atoms with Gasteiger partial charge in [0.2, 0.25) is 0 Å². The van der Waals surface area contributed by atoms with Crippen LogP contribution in [0.25, 0.3) is 0 Å². The van der Waals surface area contributed by atoms with E-state index in [1.54, 1.807) is 0 Å². The minimum absolute atomic E-state index is 0.0417. The van der Waals surface area contributed by atoms with Crippen molar-refractivity contribution in [3.8, 4) is 0 Å². The summed E-state index contributed by atoms with van der Waals surface area (Å²) < 4.78 is 0. The molecule has 0 atom stereocenters. The summed E-state index contributed by atoms with van der Waals surface area (Å²) in [4.78, 5) is 15.6. The lowest BCUT2D eigenvalue weighted by atomic mass is 10.4.